The fourth-order valence-corrected chi connectivity index (χ4v) is 3.19. The van der Waals surface area contributed by atoms with Crippen LogP contribution in [0.4, 0.5) is 0 Å². The second kappa shape index (κ2) is 4.37. The summed E-state index contributed by atoms with van der Waals surface area (Å²) in [6.45, 7) is 0.429. The molecule has 3 rings (SSSR count). The van der Waals surface area contributed by atoms with E-state index in [1.165, 1.54) is 0 Å². The van der Waals surface area contributed by atoms with E-state index < -0.39 is 4.33 Å². The Hall–Kier alpha value is -0.840. The largest absolute Gasteiger partial charge is 0.349 e. The van der Waals surface area contributed by atoms with E-state index in [1.54, 1.807) is 11.3 Å². The van der Waals surface area contributed by atoms with Gasteiger partial charge in [-0.1, -0.05) is 12.1 Å². The third-order valence-electron chi connectivity index (χ3n) is 2.89. The minimum Gasteiger partial charge on any atom is -0.349 e. The van der Waals surface area contributed by atoms with Crippen molar-refractivity contribution in [2.24, 2.45) is 5.92 Å². The summed E-state index contributed by atoms with van der Waals surface area (Å²) in [5, 5.41) is 3.71. The zero-order valence-electron chi connectivity index (χ0n) is 9.32. The van der Waals surface area contributed by atoms with E-state index in [0.29, 0.717) is 13.0 Å². The van der Waals surface area contributed by atoms with Gasteiger partial charge in [0.15, 0.2) is 0 Å². The molecule has 1 amide bonds. The van der Waals surface area contributed by atoms with Crippen molar-refractivity contribution < 1.29 is 4.79 Å². The second-order valence-electron chi connectivity index (χ2n) is 4.31. The molecule has 0 radical (unpaired) electrons. The molecule has 0 saturated heterocycles. The Kier molecular flexibility index (Phi) is 2.96. The number of carbonyl (C=O) groups excluding carboxylic acids is 1. The van der Waals surface area contributed by atoms with Crippen LogP contribution in [-0.4, -0.2) is 15.2 Å². The van der Waals surface area contributed by atoms with Crippen LogP contribution in [0, 0.1) is 5.92 Å². The van der Waals surface area contributed by atoms with Crippen molar-refractivity contribution >= 4 is 50.7 Å². The minimum absolute atomic E-state index is 0.0979. The van der Waals surface area contributed by atoms with Crippen molar-refractivity contribution in [2.75, 3.05) is 0 Å². The molecule has 94 valence electrons. The topological polar surface area (TPSA) is 42.0 Å². The average molecular weight is 301 g/mol. The van der Waals surface area contributed by atoms with E-state index in [-0.39, 0.29) is 11.8 Å². The summed E-state index contributed by atoms with van der Waals surface area (Å²) in [6, 6.07) is 7.90. The third kappa shape index (κ3) is 2.32. The molecule has 1 fully saturated rings. The van der Waals surface area contributed by atoms with Crippen LogP contribution in [0.25, 0.3) is 10.2 Å². The first kappa shape index (κ1) is 12.2. The molecule has 1 aromatic carbocycles. The van der Waals surface area contributed by atoms with Crippen molar-refractivity contribution in [3.63, 3.8) is 0 Å². The van der Waals surface area contributed by atoms with Gasteiger partial charge in [-0.3, -0.25) is 4.79 Å². The molecule has 6 heteroatoms. The van der Waals surface area contributed by atoms with E-state index in [1.807, 2.05) is 24.3 Å². The highest BCUT2D eigenvalue weighted by atomic mass is 35.5. The Morgan fingerprint density at radius 2 is 2.22 bits per heavy atom. The summed E-state index contributed by atoms with van der Waals surface area (Å²) in [6.07, 6.45) is 0.530. The molecule has 0 spiro atoms. The van der Waals surface area contributed by atoms with Crippen LogP contribution in [-0.2, 0) is 11.3 Å². The molecule has 1 aromatic heterocycles. The monoisotopic (exact) mass is 300 g/mol. The number of alkyl halides is 2. The van der Waals surface area contributed by atoms with Crippen LogP contribution in [0.2, 0.25) is 0 Å². The van der Waals surface area contributed by atoms with Crippen LogP contribution < -0.4 is 5.32 Å². The molecule has 1 atom stereocenters. The van der Waals surface area contributed by atoms with Gasteiger partial charge in [0.05, 0.1) is 22.7 Å². The molecule has 0 bridgehead atoms. The number of thiazole rings is 1. The molecule has 1 aliphatic carbocycles. The zero-order chi connectivity index (χ0) is 12.8. The molecular formula is C12H10Cl2N2OS. The number of halogens is 2. The fraction of sp³-hybridized carbons (Fsp3) is 0.333. The van der Waals surface area contributed by atoms with Crippen molar-refractivity contribution in [2.45, 2.75) is 17.3 Å². The lowest BCUT2D eigenvalue weighted by Gasteiger charge is -2.02. The Morgan fingerprint density at radius 3 is 2.89 bits per heavy atom. The molecule has 18 heavy (non-hydrogen) atoms. The van der Waals surface area contributed by atoms with Crippen LogP contribution in [0.3, 0.4) is 0 Å². The molecule has 2 aromatic rings. The Bertz CT molecular complexity index is 578. The van der Waals surface area contributed by atoms with E-state index in [2.05, 4.69) is 10.3 Å². The number of nitrogens with zero attached hydrogens (tertiary/aromatic N) is 1. The molecule has 1 N–H and O–H groups in total. The lowest BCUT2D eigenvalue weighted by atomic mass is 10.3. The lowest BCUT2D eigenvalue weighted by molar-refractivity contribution is -0.122. The van der Waals surface area contributed by atoms with E-state index in [4.69, 9.17) is 23.2 Å². The number of aromatic nitrogens is 1. The molecule has 1 heterocycles. The summed E-state index contributed by atoms with van der Waals surface area (Å²) >= 11 is 13.3. The van der Waals surface area contributed by atoms with E-state index >= 15 is 0 Å². The van der Waals surface area contributed by atoms with Crippen LogP contribution in [0.5, 0.6) is 0 Å². The molecule has 1 saturated carbocycles. The summed E-state index contributed by atoms with van der Waals surface area (Å²) in [5.41, 5.74) is 0.960. The van der Waals surface area contributed by atoms with Gasteiger partial charge >= 0.3 is 0 Å². The predicted molar refractivity (Wildman–Crippen MR) is 74.0 cm³/mol. The third-order valence-corrected chi connectivity index (χ3v) is 4.77. The number of hydrogen-bond donors (Lipinski definition) is 1. The van der Waals surface area contributed by atoms with Crippen LogP contribution in [0.15, 0.2) is 24.3 Å². The van der Waals surface area contributed by atoms with Crippen molar-refractivity contribution in [1.29, 1.82) is 0 Å². The first-order valence-electron chi connectivity index (χ1n) is 5.56. The Morgan fingerprint density at radius 1 is 1.50 bits per heavy atom. The standard InChI is InChI=1S/C12H10Cl2N2OS/c13-12(14)5-7(12)11(17)15-6-10-16-8-3-1-2-4-9(8)18-10/h1-4,7H,5-6H2,(H,15,17). The smallest absolute Gasteiger partial charge is 0.226 e. The Labute approximate surface area is 118 Å². The summed E-state index contributed by atoms with van der Waals surface area (Å²) < 4.78 is 0.259. The zero-order valence-corrected chi connectivity index (χ0v) is 11.6. The fourth-order valence-electron chi connectivity index (χ4n) is 1.78. The number of carbonyl (C=O) groups is 1. The van der Waals surface area contributed by atoms with Crippen molar-refractivity contribution in [3.8, 4) is 0 Å². The van der Waals surface area contributed by atoms with Gasteiger partial charge in [-0.15, -0.1) is 34.5 Å². The lowest BCUT2D eigenvalue weighted by Crippen LogP contribution is -2.26. The SMILES string of the molecule is O=C(NCc1nc2ccccc2s1)C1CC1(Cl)Cl. The molecule has 3 nitrogen and oxygen atoms in total. The summed E-state index contributed by atoms with van der Waals surface area (Å²) in [5.74, 6) is -0.380. The minimum atomic E-state index is -0.863. The van der Waals surface area contributed by atoms with Gasteiger partial charge in [0.25, 0.3) is 0 Å². The quantitative estimate of drug-likeness (QED) is 0.885. The summed E-state index contributed by atoms with van der Waals surface area (Å²) in [4.78, 5) is 16.1. The number of nitrogens with one attached hydrogen (secondary N) is 1. The van der Waals surface area contributed by atoms with Gasteiger partial charge in [0.2, 0.25) is 5.91 Å². The van der Waals surface area contributed by atoms with Crippen LogP contribution in [0.1, 0.15) is 11.4 Å². The molecular weight excluding hydrogens is 291 g/mol. The second-order valence-corrected chi connectivity index (χ2v) is 6.97. The number of benzene rings is 1. The maximum absolute atomic E-state index is 11.7. The maximum Gasteiger partial charge on any atom is 0.226 e. The van der Waals surface area contributed by atoms with E-state index in [9.17, 15) is 4.79 Å². The normalized spacial score (nSPS) is 20.9. The summed E-state index contributed by atoms with van der Waals surface area (Å²) in [7, 11) is 0. The van der Waals surface area contributed by atoms with Crippen molar-refractivity contribution in [3.05, 3.63) is 29.3 Å². The highest BCUT2D eigenvalue weighted by molar-refractivity contribution is 7.18. The van der Waals surface area contributed by atoms with Gasteiger partial charge in [-0.25, -0.2) is 4.98 Å². The first-order valence-corrected chi connectivity index (χ1v) is 7.13. The van der Waals surface area contributed by atoms with Gasteiger partial charge in [-0.05, 0) is 18.6 Å². The number of para-hydroxylation sites is 1. The number of rotatable bonds is 3. The number of amides is 1. The molecule has 1 aliphatic rings. The van der Waals surface area contributed by atoms with Crippen LogP contribution >= 0.6 is 34.5 Å². The molecule has 0 aliphatic heterocycles. The van der Waals surface area contributed by atoms with Crippen molar-refractivity contribution in [1.82, 2.24) is 10.3 Å². The van der Waals surface area contributed by atoms with Gasteiger partial charge in [-0.2, -0.15) is 0 Å². The molecule has 1 unspecified atom stereocenters. The number of fused-ring (bicyclic) bond motifs is 1. The average Bonchev–Trinajstić information content (AvgIpc) is 2.82. The predicted octanol–water partition coefficient (Wildman–Crippen LogP) is 3.11. The van der Waals surface area contributed by atoms with Gasteiger partial charge < -0.3 is 5.32 Å². The van der Waals surface area contributed by atoms with Gasteiger partial charge in [0.1, 0.15) is 9.34 Å². The highest BCUT2D eigenvalue weighted by Gasteiger charge is 2.56. The Balaban J connectivity index is 1.65. The number of hydrogen-bond acceptors (Lipinski definition) is 3. The highest BCUT2D eigenvalue weighted by Crippen LogP contribution is 2.53. The first-order chi connectivity index (χ1) is 8.56. The van der Waals surface area contributed by atoms with Gasteiger partial charge in [0, 0.05) is 0 Å². The van der Waals surface area contributed by atoms with E-state index in [0.717, 1.165) is 15.2 Å². The maximum atomic E-state index is 11.7.